The monoisotopic (exact) mass is 315 g/mol. The summed E-state index contributed by atoms with van der Waals surface area (Å²) in [6.07, 6.45) is 0. The molecule has 0 saturated carbocycles. The third kappa shape index (κ3) is 3.77. The van der Waals surface area contributed by atoms with Crippen molar-refractivity contribution in [2.45, 2.75) is 33.2 Å². The lowest BCUT2D eigenvalue weighted by Gasteiger charge is -2.12. The molecule has 0 fully saturated rings. The number of carbonyl (C=O) groups excluding carboxylic acids is 2. The van der Waals surface area contributed by atoms with Crippen molar-refractivity contribution >= 4 is 11.8 Å². The molecule has 6 nitrogen and oxygen atoms in total. The largest absolute Gasteiger partial charge is 0.361 e. The van der Waals surface area contributed by atoms with Gasteiger partial charge in [-0.15, -0.1) is 0 Å². The van der Waals surface area contributed by atoms with Crippen molar-refractivity contribution < 1.29 is 14.1 Å². The third-order valence-corrected chi connectivity index (χ3v) is 3.82. The maximum absolute atomic E-state index is 12.3. The molecule has 1 aromatic heterocycles. The van der Waals surface area contributed by atoms with Crippen molar-refractivity contribution in [2.24, 2.45) is 0 Å². The van der Waals surface area contributed by atoms with Crippen molar-refractivity contribution in [1.29, 1.82) is 0 Å². The summed E-state index contributed by atoms with van der Waals surface area (Å²) in [4.78, 5) is 23.8. The van der Waals surface area contributed by atoms with Gasteiger partial charge in [0.05, 0.1) is 11.6 Å². The molecule has 0 radical (unpaired) electrons. The van der Waals surface area contributed by atoms with Crippen molar-refractivity contribution in [2.75, 3.05) is 7.05 Å². The molecule has 2 N–H and O–H groups in total. The van der Waals surface area contributed by atoms with E-state index in [0.29, 0.717) is 17.9 Å². The fourth-order valence-corrected chi connectivity index (χ4v) is 2.50. The van der Waals surface area contributed by atoms with Crippen LogP contribution >= 0.6 is 0 Å². The van der Waals surface area contributed by atoms with Crippen LogP contribution in [0.25, 0.3) is 0 Å². The van der Waals surface area contributed by atoms with Crippen LogP contribution in [0, 0.1) is 13.8 Å². The molecular weight excluding hydrogens is 294 g/mol. The first-order valence-electron chi connectivity index (χ1n) is 7.45. The van der Waals surface area contributed by atoms with Crippen molar-refractivity contribution in [3.63, 3.8) is 0 Å². The van der Waals surface area contributed by atoms with Gasteiger partial charge in [0.2, 0.25) is 5.91 Å². The molecule has 6 heteroatoms. The normalized spacial score (nSPS) is 11.8. The highest BCUT2D eigenvalue weighted by molar-refractivity contribution is 5.94. The zero-order valence-corrected chi connectivity index (χ0v) is 13.8. The number of nitrogens with one attached hydrogen (secondary N) is 2. The number of carbonyl (C=O) groups is 2. The van der Waals surface area contributed by atoms with Gasteiger partial charge in [-0.2, -0.15) is 0 Å². The lowest BCUT2D eigenvalue weighted by Crippen LogP contribution is -2.28. The highest BCUT2D eigenvalue weighted by Crippen LogP contribution is 2.23. The number of rotatable bonds is 5. The summed E-state index contributed by atoms with van der Waals surface area (Å²) in [5, 5.41) is 9.34. The molecule has 23 heavy (non-hydrogen) atoms. The first kappa shape index (κ1) is 16.7. The molecule has 0 aliphatic heterocycles. The van der Waals surface area contributed by atoms with Crippen LogP contribution in [0.15, 0.2) is 28.8 Å². The van der Waals surface area contributed by atoms with Crippen LogP contribution in [-0.4, -0.2) is 24.0 Å². The quantitative estimate of drug-likeness (QED) is 0.884. The van der Waals surface area contributed by atoms with E-state index in [9.17, 15) is 9.59 Å². The van der Waals surface area contributed by atoms with E-state index < -0.39 is 0 Å². The van der Waals surface area contributed by atoms with E-state index in [-0.39, 0.29) is 17.7 Å². The predicted octanol–water partition coefficient (Wildman–Crippen LogP) is 2.07. The number of aromatic nitrogens is 1. The van der Waals surface area contributed by atoms with E-state index in [4.69, 9.17) is 4.52 Å². The second-order valence-electron chi connectivity index (χ2n) is 5.45. The van der Waals surface area contributed by atoms with Crippen LogP contribution in [0.4, 0.5) is 0 Å². The van der Waals surface area contributed by atoms with E-state index in [1.165, 1.54) is 0 Å². The first-order chi connectivity index (χ1) is 10.9. The van der Waals surface area contributed by atoms with Gasteiger partial charge in [0, 0.05) is 24.7 Å². The average Bonchev–Trinajstić information content (AvgIpc) is 2.90. The fourth-order valence-electron chi connectivity index (χ4n) is 2.50. The molecule has 122 valence electrons. The van der Waals surface area contributed by atoms with E-state index in [1.54, 1.807) is 26.1 Å². The SMILES string of the molecule is CNC(=O)c1ccc(CNC(=O)C(C)c2c(C)noc2C)cc1. The van der Waals surface area contributed by atoms with Crippen LogP contribution in [0.2, 0.25) is 0 Å². The minimum atomic E-state index is -0.327. The smallest absolute Gasteiger partial charge is 0.251 e. The molecule has 1 unspecified atom stereocenters. The summed E-state index contributed by atoms with van der Waals surface area (Å²) in [6.45, 7) is 5.86. The molecule has 2 aromatic rings. The lowest BCUT2D eigenvalue weighted by atomic mass is 9.98. The number of hydrogen-bond acceptors (Lipinski definition) is 4. The van der Waals surface area contributed by atoms with Crippen LogP contribution < -0.4 is 10.6 Å². The Morgan fingerprint density at radius 3 is 2.39 bits per heavy atom. The van der Waals surface area contributed by atoms with Gasteiger partial charge in [0.1, 0.15) is 5.76 Å². The van der Waals surface area contributed by atoms with Gasteiger partial charge in [-0.25, -0.2) is 0 Å². The van der Waals surface area contributed by atoms with Crippen molar-refractivity contribution in [3.05, 3.63) is 52.4 Å². The highest BCUT2D eigenvalue weighted by atomic mass is 16.5. The van der Waals surface area contributed by atoms with Gasteiger partial charge < -0.3 is 15.2 Å². The van der Waals surface area contributed by atoms with E-state index in [1.807, 2.05) is 26.0 Å². The summed E-state index contributed by atoms with van der Waals surface area (Å²) >= 11 is 0. The number of hydrogen-bond donors (Lipinski definition) is 2. The van der Waals surface area contributed by atoms with Crippen molar-refractivity contribution in [3.8, 4) is 0 Å². The van der Waals surface area contributed by atoms with E-state index >= 15 is 0 Å². The molecule has 0 saturated heterocycles. The van der Waals surface area contributed by atoms with E-state index in [2.05, 4.69) is 15.8 Å². The molecule has 2 rings (SSSR count). The molecular formula is C17H21N3O3. The Morgan fingerprint density at radius 1 is 1.22 bits per heavy atom. The van der Waals surface area contributed by atoms with Gasteiger partial charge >= 0.3 is 0 Å². The molecule has 1 heterocycles. The number of nitrogens with zero attached hydrogens (tertiary/aromatic N) is 1. The Labute approximate surface area is 135 Å². The Balaban J connectivity index is 1.98. The third-order valence-electron chi connectivity index (χ3n) is 3.82. The van der Waals surface area contributed by atoms with Crippen LogP contribution in [0.5, 0.6) is 0 Å². The highest BCUT2D eigenvalue weighted by Gasteiger charge is 2.22. The maximum atomic E-state index is 12.3. The molecule has 2 amide bonds. The van der Waals surface area contributed by atoms with Crippen LogP contribution in [-0.2, 0) is 11.3 Å². The summed E-state index contributed by atoms with van der Waals surface area (Å²) in [6, 6.07) is 7.12. The van der Waals surface area contributed by atoms with Gasteiger partial charge in [0.15, 0.2) is 0 Å². The molecule has 1 atom stereocenters. The topological polar surface area (TPSA) is 84.2 Å². The Morgan fingerprint density at radius 2 is 1.87 bits per heavy atom. The second kappa shape index (κ2) is 7.09. The number of amides is 2. The number of benzene rings is 1. The molecule has 0 bridgehead atoms. The average molecular weight is 315 g/mol. The zero-order chi connectivity index (χ0) is 17.0. The fraction of sp³-hybridized carbons (Fsp3) is 0.353. The summed E-state index contributed by atoms with van der Waals surface area (Å²) in [5.74, 6) is 0.119. The Hall–Kier alpha value is -2.63. The Kier molecular flexibility index (Phi) is 5.16. The van der Waals surface area contributed by atoms with Gasteiger partial charge in [-0.3, -0.25) is 9.59 Å². The summed E-state index contributed by atoms with van der Waals surface area (Å²) < 4.78 is 5.11. The van der Waals surface area contributed by atoms with Gasteiger partial charge in [-0.05, 0) is 38.5 Å². The lowest BCUT2D eigenvalue weighted by molar-refractivity contribution is -0.122. The summed E-state index contributed by atoms with van der Waals surface area (Å²) in [5.41, 5.74) is 3.08. The molecule has 0 aliphatic rings. The second-order valence-corrected chi connectivity index (χ2v) is 5.45. The van der Waals surface area contributed by atoms with Crippen molar-refractivity contribution in [1.82, 2.24) is 15.8 Å². The predicted molar refractivity (Wildman–Crippen MR) is 86.1 cm³/mol. The molecule has 0 spiro atoms. The Bertz CT molecular complexity index is 685. The zero-order valence-electron chi connectivity index (χ0n) is 13.8. The first-order valence-corrected chi connectivity index (χ1v) is 7.45. The number of aryl methyl sites for hydroxylation is 2. The maximum Gasteiger partial charge on any atom is 0.251 e. The van der Waals surface area contributed by atoms with Crippen LogP contribution in [0.3, 0.4) is 0 Å². The van der Waals surface area contributed by atoms with Gasteiger partial charge in [-0.1, -0.05) is 17.3 Å². The minimum Gasteiger partial charge on any atom is -0.361 e. The van der Waals surface area contributed by atoms with E-state index in [0.717, 1.165) is 16.8 Å². The van der Waals surface area contributed by atoms with Gasteiger partial charge in [0.25, 0.3) is 5.91 Å². The molecule has 0 aliphatic carbocycles. The standard InChI is InChI=1S/C17H21N3O3/c1-10(15-11(2)20-23-12(15)3)16(21)19-9-13-5-7-14(8-6-13)17(22)18-4/h5-8,10H,9H2,1-4H3,(H,18,22)(H,19,21). The summed E-state index contributed by atoms with van der Waals surface area (Å²) in [7, 11) is 1.59. The van der Waals surface area contributed by atoms with Crippen LogP contribution in [0.1, 0.15) is 45.8 Å². The minimum absolute atomic E-state index is 0.0882. The molecule has 1 aromatic carbocycles.